The van der Waals surface area contributed by atoms with Gasteiger partial charge in [-0.15, -0.1) is 0 Å². The van der Waals surface area contributed by atoms with Crippen LogP contribution in [0.25, 0.3) is 16.9 Å². The molecule has 4 aromatic rings. The van der Waals surface area contributed by atoms with Crippen LogP contribution >= 0.6 is 0 Å². The summed E-state index contributed by atoms with van der Waals surface area (Å²) in [5.41, 5.74) is 5.39. The molecule has 1 atom stereocenters. The van der Waals surface area contributed by atoms with Crippen LogP contribution in [-0.2, 0) is 6.42 Å². The van der Waals surface area contributed by atoms with E-state index in [9.17, 15) is 9.18 Å². The maximum Gasteiger partial charge on any atom is 0.185 e. The summed E-state index contributed by atoms with van der Waals surface area (Å²) in [5, 5.41) is 4.51. The average molecular weight is 404 g/mol. The normalized spacial score (nSPS) is 12.3. The maximum absolute atomic E-state index is 14.1. The Kier molecular flexibility index (Phi) is 5.44. The first-order valence-corrected chi connectivity index (χ1v) is 10.1. The van der Waals surface area contributed by atoms with Gasteiger partial charge in [0.05, 0.1) is 5.69 Å². The van der Waals surface area contributed by atoms with Gasteiger partial charge in [-0.05, 0) is 49.9 Å². The van der Waals surface area contributed by atoms with Crippen LogP contribution in [0.1, 0.15) is 42.0 Å². The van der Waals surface area contributed by atoms with E-state index in [1.54, 1.807) is 35.8 Å². The molecule has 0 N–H and O–H groups in total. The van der Waals surface area contributed by atoms with E-state index in [0.717, 1.165) is 12.8 Å². The minimum atomic E-state index is -0.273. The van der Waals surface area contributed by atoms with Gasteiger partial charge in [0.1, 0.15) is 11.5 Å². The summed E-state index contributed by atoms with van der Waals surface area (Å²) in [6.45, 7) is 5.72. The summed E-state index contributed by atoms with van der Waals surface area (Å²) in [6.07, 6.45) is 3.24. The van der Waals surface area contributed by atoms with Crippen molar-refractivity contribution in [3.05, 3.63) is 89.0 Å². The lowest BCUT2D eigenvalue weighted by Gasteiger charge is -2.09. The molecule has 2 aromatic carbocycles. The standard InChI is InChI=1S/C25H24FN3O.H2/c1-16-4-8-19(9-5-16)10-6-18(3)25(30)22-15-24-27-13-12-23(29(24)28-22)20-11-7-17(2)21(26)14-20;/h4-5,7-9,11-15,18H,6,10H2,1-3H3;1H. The molecule has 5 heteroatoms. The fourth-order valence-corrected chi connectivity index (χ4v) is 3.51. The second kappa shape index (κ2) is 8.19. The number of hydrogen-bond acceptors (Lipinski definition) is 3. The lowest BCUT2D eigenvalue weighted by atomic mass is 9.95. The average Bonchev–Trinajstić information content (AvgIpc) is 3.19. The number of rotatable bonds is 6. The number of hydrogen-bond donors (Lipinski definition) is 0. The third-order valence-electron chi connectivity index (χ3n) is 5.51. The molecular weight excluding hydrogens is 377 g/mol. The fraction of sp³-hybridized carbons (Fsp3) is 0.240. The van der Waals surface area contributed by atoms with Crippen molar-refractivity contribution < 1.29 is 10.6 Å². The van der Waals surface area contributed by atoms with Crippen LogP contribution in [-0.4, -0.2) is 20.4 Å². The Hall–Kier alpha value is -3.34. The first kappa shape index (κ1) is 20.0. The van der Waals surface area contributed by atoms with E-state index in [1.165, 1.54) is 17.2 Å². The minimum Gasteiger partial charge on any atom is -0.292 e. The summed E-state index contributed by atoms with van der Waals surface area (Å²) in [7, 11) is 0. The van der Waals surface area contributed by atoms with Gasteiger partial charge in [-0.1, -0.05) is 48.9 Å². The fourth-order valence-electron chi connectivity index (χ4n) is 3.51. The van der Waals surface area contributed by atoms with Crippen molar-refractivity contribution in [2.45, 2.75) is 33.6 Å². The Labute approximate surface area is 176 Å². The molecule has 0 aliphatic carbocycles. The lowest BCUT2D eigenvalue weighted by molar-refractivity contribution is 0.0919. The number of carbonyl (C=O) groups excluding carboxylic acids is 1. The van der Waals surface area contributed by atoms with Crippen molar-refractivity contribution in [2.24, 2.45) is 5.92 Å². The Morgan fingerprint density at radius 1 is 1.10 bits per heavy atom. The second-order valence-electron chi connectivity index (χ2n) is 7.88. The molecule has 0 radical (unpaired) electrons. The first-order valence-electron chi connectivity index (χ1n) is 10.1. The van der Waals surface area contributed by atoms with Gasteiger partial charge in [0.2, 0.25) is 0 Å². The molecule has 0 aliphatic heterocycles. The SMILES string of the molecule is Cc1ccc(CCC(C)C(=O)c2cc3nccc(-c4ccc(C)c(F)c4)n3n2)cc1.[HH]. The van der Waals surface area contributed by atoms with Crippen molar-refractivity contribution in [1.29, 1.82) is 0 Å². The van der Waals surface area contributed by atoms with E-state index in [4.69, 9.17) is 0 Å². The van der Waals surface area contributed by atoms with Gasteiger partial charge in [-0.2, -0.15) is 5.10 Å². The largest absolute Gasteiger partial charge is 0.292 e. The van der Waals surface area contributed by atoms with Crippen LogP contribution in [0.5, 0.6) is 0 Å². The highest BCUT2D eigenvalue weighted by molar-refractivity contribution is 5.96. The van der Waals surface area contributed by atoms with Crippen LogP contribution in [0.3, 0.4) is 0 Å². The van der Waals surface area contributed by atoms with E-state index < -0.39 is 0 Å². The summed E-state index contributed by atoms with van der Waals surface area (Å²) in [5.74, 6) is -0.434. The van der Waals surface area contributed by atoms with Crippen LogP contribution in [0.4, 0.5) is 4.39 Å². The summed E-state index contributed by atoms with van der Waals surface area (Å²) < 4.78 is 15.7. The Morgan fingerprint density at radius 2 is 1.87 bits per heavy atom. The third kappa shape index (κ3) is 4.01. The third-order valence-corrected chi connectivity index (χ3v) is 5.51. The molecule has 0 saturated carbocycles. The number of benzene rings is 2. The molecule has 2 heterocycles. The van der Waals surface area contributed by atoms with Gasteiger partial charge in [0, 0.05) is 25.2 Å². The highest BCUT2D eigenvalue weighted by Crippen LogP contribution is 2.23. The lowest BCUT2D eigenvalue weighted by Crippen LogP contribution is -2.13. The van der Waals surface area contributed by atoms with Gasteiger partial charge in [-0.3, -0.25) is 4.79 Å². The molecule has 2 aromatic heterocycles. The summed E-state index contributed by atoms with van der Waals surface area (Å²) >= 11 is 0. The number of Topliss-reactive ketones (excluding diaryl/α,β-unsaturated/α-hetero) is 1. The molecule has 154 valence electrons. The molecule has 4 nitrogen and oxygen atoms in total. The molecule has 0 spiro atoms. The molecule has 0 aliphatic rings. The number of ketones is 1. The summed E-state index contributed by atoms with van der Waals surface area (Å²) in [6, 6.07) is 16.9. The quantitative estimate of drug-likeness (QED) is 0.379. The monoisotopic (exact) mass is 403 g/mol. The predicted octanol–water partition coefficient (Wildman–Crippen LogP) is 5.85. The van der Waals surface area contributed by atoms with E-state index in [0.29, 0.717) is 28.2 Å². The smallest absolute Gasteiger partial charge is 0.185 e. The molecule has 0 saturated heterocycles. The molecule has 4 rings (SSSR count). The van der Waals surface area contributed by atoms with Gasteiger partial charge in [0.15, 0.2) is 11.4 Å². The van der Waals surface area contributed by atoms with Crippen LogP contribution in [0.2, 0.25) is 0 Å². The second-order valence-corrected chi connectivity index (χ2v) is 7.88. The van der Waals surface area contributed by atoms with E-state index >= 15 is 0 Å². The predicted molar refractivity (Wildman–Crippen MR) is 118 cm³/mol. The molecule has 0 bridgehead atoms. The zero-order valence-corrected chi connectivity index (χ0v) is 17.4. The molecule has 1 unspecified atom stereocenters. The van der Waals surface area contributed by atoms with E-state index in [2.05, 4.69) is 41.3 Å². The van der Waals surface area contributed by atoms with Crippen LogP contribution in [0, 0.1) is 25.6 Å². The highest BCUT2D eigenvalue weighted by atomic mass is 19.1. The number of aryl methyl sites for hydroxylation is 3. The molecular formula is C25H26FN3O. The minimum absolute atomic E-state index is 0. The van der Waals surface area contributed by atoms with Gasteiger partial charge >= 0.3 is 0 Å². The maximum atomic E-state index is 14.1. The zero-order valence-electron chi connectivity index (χ0n) is 17.4. The summed E-state index contributed by atoms with van der Waals surface area (Å²) in [4.78, 5) is 17.3. The Balaban J connectivity index is 0.00000272. The van der Waals surface area contributed by atoms with Gasteiger partial charge < -0.3 is 0 Å². The van der Waals surface area contributed by atoms with Crippen molar-refractivity contribution in [2.75, 3.05) is 0 Å². The highest BCUT2D eigenvalue weighted by Gasteiger charge is 2.20. The number of fused-ring (bicyclic) bond motifs is 1. The van der Waals surface area contributed by atoms with E-state index in [1.807, 2.05) is 13.0 Å². The molecule has 0 fully saturated rings. The number of aromatic nitrogens is 3. The Bertz CT molecular complexity index is 1220. The van der Waals surface area contributed by atoms with Crippen molar-refractivity contribution in [1.82, 2.24) is 14.6 Å². The van der Waals surface area contributed by atoms with Crippen molar-refractivity contribution >= 4 is 11.4 Å². The van der Waals surface area contributed by atoms with E-state index in [-0.39, 0.29) is 18.9 Å². The van der Waals surface area contributed by atoms with Crippen molar-refractivity contribution in [3.8, 4) is 11.3 Å². The Morgan fingerprint density at radius 3 is 2.60 bits per heavy atom. The molecule has 30 heavy (non-hydrogen) atoms. The van der Waals surface area contributed by atoms with Crippen LogP contribution in [0.15, 0.2) is 60.8 Å². The topological polar surface area (TPSA) is 47.3 Å². The zero-order chi connectivity index (χ0) is 21.3. The number of carbonyl (C=O) groups is 1. The van der Waals surface area contributed by atoms with Crippen molar-refractivity contribution in [3.63, 3.8) is 0 Å². The van der Waals surface area contributed by atoms with Crippen LogP contribution < -0.4 is 0 Å². The molecule has 0 amide bonds. The number of nitrogens with zero attached hydrogens (tertiary/aromatic N) is 3. The number of halogens is 1. The van der Waals surface area contributed by atoms with Gasteiger partial charge in [0.25, 0.3) is 0 Å². The van der Waals surface area contributed by atoms with Gasteiger partial charge in [-0.25, -0.2) is 13.9 Å². The first-order chi connectivity index (χ1) is 14.4.